The number of quaternary nitrogens is 1. The lowest BCUT2D eigenvalue weighted by Crippen LogP contribution is -2.86. The molecule has 0 aliphatic carbocycles. The number of primary amides is 1. The molecule has 0 aliphatic heterocycles. The first-order chi connectivity index (χ1) is 12.0. The zero-order chi connectivity index (χ0) is 18.2. The van der Waals surface area contributed by atoms with Crippen LogP contribution < -0.4 is 16.4 Å². The monoisotopic (exact) mass is 378 g/mol. The van der Waals surface area contributed by atoms with Crippen LogP contribution in [0.1, 0.15) is 18.5 Å². The van der Waals surface area contributed by atoms with Gasteiger partial charge in [-0.2, -0.15) is 0 Å². The van der Waals surface area contributed by atoms with Gasteiger partial charge in [-0.3, -0.25) is 9.59 Å². The van der Waals surface area contributed by atoms with E-state index in [0.717, 1.165) is 10.5 Å². The van der Waals surface area contributed by atoms with E-state index in [4.69, 9.17) is 17.3 Å². The topological polar surface area (TPSA) is 88.8 Å². The van der Waals surface area contributed by atoms with E-state index in [0.29, 0.717) is 17.3 Å². The first-order valence-electron chi connectivity index (χ1n) is 7.84. The highest BCUT2D eigenvalue weighted by Gasteiger charge is 2.13. The van der Waals surface area contributed by atoms with E-state index >= 15 is 0 Å². The third-order valence-corrected chi connectivity index (χ3v) is 4.93. The van der Waals surface area contributed by atoms with Gasteiger partial charge in [0.05, 0.1) is 11.4 Å². The Morgan fingerprint density at radius 1 is 1.20 bits per heavy atom. The largest absolute Gasteiger partial charge is 0.369 e. The number of carbonyl (C=O) groups excluding carboxylic acids is 2. The summed E-state index contributed by atoms with van der Waals surface area (Å²) < 4.78 is 0. The standard InChI is InChI=1S/C18H20ClN3O2S/c1-12(13-6-8-14(19)9-7-13)21-10-18(24)22-15-4-2-3-5-16(15)25-11-17(20)23/h2-9,12,21H,10-11H2,1H3,(H2,20,23)(H,22,24)/p+1/t12-/m0/s1. The Kier molecular flexibility index (Phi) is 7.31. The molecule has 0 heterocycles. The van der Waals surface area contributed by atoms with Gasteiger partial charge >= 0.3 is 0 Å². The lowest BCUT2D eigenvalue weighted by Gasteiger charge is -2.13. The average Bonchev–Trinajstić information content (AvgIpc) is 2.59. The number of nitrogens with two attached hydrogens (primary N) is 2. The molecule has 0 bridgehead atoms. The molecule has 5 N–H and O–H groups in total. The van der Waals surface area contributed by atoms with Crippen molar-refractivity contribution in [2.24, 2.45) is 5.73 Å². The molecule has 0 aliphatic rings. The minimum absolute atomic E-state index is 0.104. The lowest BCUT2D eigenvalue weighted by molar-refractivity contribution is -0.682. The molecule has 1 atom stereocenters. The second-order valence-corrected chi connectivity index (χ2v) is 7.03. The van der Waals surface area contributed by atoms with E-state index in [2.05, 4.69) is 5.32 Å². The summed E-state index contributed by atoms with van der Waals surface area (Å²) >= 11 is 7.20. The predicted octanol–water partition coefficient (Wildman–Crippen LogP) is 2.18. The average molecular weight is 379 g/mol. The fraction of sp³-hybridized carbons (Fsp3) is 0.222. The molecule has 0 spiro atoms. The van der Waals surface area contributed by atoms with Gasteiger partial charge in [0.25, 0.3) is 5.91 Å². The van der Waals surface area contributed by atoms with Gasteiger partial charge in [0.2, 0.25) is 5.91 Å². The van der Waals surface area contributed by atoms with E-state index in [9.17, 15) is 9.59 Å². The normalized spacial score (nSPS) is 11.8. The summed E-state index contributed by atoms with van der Waals surface area (Å²) in [5, 5.41) is 5.54. The smallest absolute Gasteiger partial charge is 0.279 e. The molecule has 2 aromatic carbocycles. The summed E-state index contributed by atoms with van der Waals surface area (Å²) in [5.41, 5.74) is 6.97. The molecule has 0 saturated carbocycles. The number of halogens is 1. The maximum Gasteiger partial charge on any atom is 0.279 e. The molecule has 132 valence electrons. The first-order valence-corrected chi connectivity index (χ1v) is 9.21. The quantitative estimate of drug-likeness (QED) is 0.615. The van der Waals surface area contributed by atoms with E-state index in [1.807, 2.05) is 60.8 Å². The molecule has 2 amide bonds. The number of hydrogen-bond donors (Lipinski definition) is 3. The van der Waals surface area contributed by atoms with Gasteiger partial charge in [0, 0.05) is 15.5 Å². The third-order valence-electron chi connectivity index (χ3n) is 3.58. The molecule has 2 rings (SSSR count). The van der Waals surface area contributed by atoms with Crippen LogP contribution in [0.5, 0.6) is 0 Å². The lowest BCUT2D eigenvalue weighted by atomic mass is 10.1. The summed E-state index contributed by atoms with van der Waals surface area (Å²) in [4.78, 5) is 24.0. The van der Waals surface area contributed by atoms with Gasteiger partial charge < -0.3 is 16.4 Å². The Hall–Kier alpha value is -2.02. The SMILES string of the molecule is C[C@H]([NH2+]CC(=O)Nc1ccccc1SCC(N)=O)c1ccc(Cl)cc1. The van der Waals surface area contributed by atoms with Crippen LogP contribution in [0.25, 0.3) is 0 Å². The highest BCUT2D eigenvalue weighted by Crippen LogP contribution is 2.26. The van der Waals surface area contributed by atoms with Crippen molar-refractivity contribution < 1.29 is 14.9 Å². The zero-order valence-corrected chi connectivity index (χ0v) is 15.4. The Morgan fingerprint density at radius 3 is 2.56 bits per heavy atom. The number of thioether (sulfide) groups is 1. The van der Waals surface area contributed by atoms with Crippen molar-refractivity contribution >= 4 is 40.9 Å². The van der Waals surface area contributed by atoms with Crippen LogP contribution in [0, 0.1) is 0 Å². The maximum atomic E-state index is 12.2. The van der Waals surface area contributed by atoms with Crippen molar-refractivity contribution in [3.63, 3.8) is 0 Å². The summed E-state index contributed by atoms with van der Waals surface area (Å²) in [6.07, 6.45) is 0. The zero-order valence-electron chi connectivity index (χ0n) is 13.9. The van der Waals surface area contributed by atoms with Gasteiger partial charge in [0.15, 0.2) is 6.54 Å². The number of carbonyl (C=O) groups is 2. The molecular weight excluding hydrogens is 358 g/mol. The number of para-hydroxylation sites is 1. The van der Waals surface area contributed by atoms with Crippen molar-refractivity contribution in [2.75, 3.05) is 17.6 Å². The molecule has 0 unspecified atom stereocenters. The molecule has 7 heteroatoms. The van der Waals surface area contributed by atoms with E-state index in [1.165, 1.54) is 11.8 Å². The van der Waals surface area contributed by atoms with Gasteiger partial charge in [-0.25, -0.2) is 0 Å². The van der Waals surface area contributed by atoms with Crippen molar-refractivity contribution in [1.82, 2.24) is 0 Å². The molecule has 2 aromatic rings. The Balaban J connectivity index is 1.89. The van der Waals surface area contributed by atoms with Crippen molar-refractivity contribution in [1.29, 1.82) is 0 Å². The first kappa shape index (κ1) is 19.3. The fourth-order valence-corrected chi connectivity index (χ4v) is 3.11. The predicted molar refractivity (Wildman–Crippen MR) is 102 cm³/mol. The van der Waals surface area contributed by atoms with Gasteiger partial charge in [0.1, 0.15) is 6.04 Å². The highest BCUT2D eigenvalue weighted by atomic mass is 35.5. The van der Waals surface area contributed by atoms with Crippen LogP contribution in [-0.2, 0) is 9.59 Å². The van der Waals surface area contributed by atoms with Crippen LogP contribution in [0.15, 0.2) is 53.4 Å². The van der Waals surface area contributed by atoms with Crippen LogP contribution in [0.3, 0.4) is 0 Å². The number of nitrogens with one attached hydrogen (secondary N) is 1. The molecule has 0 saturated heterocycles. The van der Waals surface area contributed by atoms with Crippen LogP contribution >= 0.6 is 23.4 Å². The third kappa shape index (κ3) is 6.42. The van der Waals surface area contributed by atoms with Crippen LogP contribution in [0.2, 0.25) is 5.02 Å². The number of anilines is 1. The number of rotatable bonds is 8. The fourth-order valence-electron chi connectivity index (χ4n) is 2.23. The van der Waals surface area contributed by atoms with Crippen molar-refractivity contribution in [2.45, 2.75) is 17.9 Å². The molecular formula is C18H21ClN3O2S+. The van der Waals surface area contributed by atoms with Gasteiger partial charge in [-0.15, -0.1) is 11.8 Å². The molecule has 0 radical (unpaired) electrons. The second-order valence-electron chi connectivity index (χ2n) is 5.58. The van der Waals surface area contributed by atoms with E-state index < -0.39 is 5.91 Å². The number of benzene rings is 2. The molecule has 0 fully saturated rings. The van der Waals surface area contributed by atoms with Gasteiger partial charge in [-0.1, -0.05) is 35.9 Å². The van der Waals surface area contributed by atoms with Crippen LogP contribution in [0.4, 0.5) is 5.69 Å². The summed E-state index contributed by atoms with van der Waals surface area (Å²) in [6.45, 7) is 2.33. The van der Waals surface area contributed by atoms with E-state index in [-0.39, 0.29) is 17.7 Å². The second kappa shape index (κ2) is 9.46. The Labute approximate surface area is 156 Å². The van der Waals surface area contributed by atoms with Crippen molar-refractivity contribution in [3.05, 3.63) is 59.1 Å². The van der Waals surface area contributed by atoms with E-state index in [1.54, 1.807) is 0 Å². The Bertz CT molecular complexity index is 737. The Morgan fingerprint density at radius 2 is 1.88 bits per heavy atom. The van der Waals surface area contributed by atoms with Crippen molar-refractivity contribution in [3.8, 4) is 0 Å². The summed E-state index contributed by atoms with van der Waals surface area (Å²) in [5.74, 6) is -0.323. The highest BCUT2D eigenvalue weighted by molar-refractivity contribution is 8.00. The minimum atomic E-state index is -0.392. The molecule has 0 aromatic heterocycles. The maximum absolute atomic E-state index is 12.2. The van der Waals surface area contributed by atoms with Gasteiger partial charge in [-0.05, 0) is 31.2 Å². The molecule has 25 heavy (non-hydrogen) atoms. The number of hydrogen-bond acceptors (Lipinski definition) is 3. The summed E-state index contributed by atoms with van der Waals surface area (Å²) in [6, 6.07) is 15.1. The summed E-state index contributed by atoms with van der Waals surface area (Å²) in [7, 11) is 0. The van der Waals surface area contributed by atoms with Crippen LogP contribution in [-0.4, -0.2) is 24.1 Å². The number of amides is 2. The minimum Gasteiger partial charge on any atom is -0.369 e. The molecule has 5 nitrogen and oxygen atoms in total.